The first-order valence-electron chi connectivity index (χ1n) is 9.41. The molecule has 1 atom stereocenters. The maximum Gasteiger partial charge on any atom is 0.257 e. The normalized spacial score (nSPS) is 21.4. The van der Waals surface area contributed by atoms with Crippen molar-refractivity contribution in [1.29, 1.82) is 0 Å². The fourth-order valence-electron chi connectivity index (χ4n) is 3.60. The number of alkyl halides is 1. The highest BCUT2D eigenvalue weighted by atomic mass is 19.1. The molecule has 0 radical (unpaired) electrons. The molecule has 27 heavy (non-hydrogen) atoms. The van der Waals surface area contributed by atoms with Gasteiger partial charge in [-0.3, -0.25) is 9.48 Å². The van der Waals surface area contributed by atoms with Crippen LogP contribution in [0.1, 0.15) is 35.8 Å². The summed E-state index contributed by atoms with van der Waals surface area (Å²) in [4.78, 5) is 12.3. The maximum absolute atomic E-state index is 14.7. The fourth-order valence-corrected chi connectivity index (χ4v) is 3.60. The van der Waals surface area contributed by atoms with E-state index in [-0.39, 0.29) is 38.7 Å². The summed E-state index contributed by atoms with van der Waals surface area (Å²) in [7, 11) is 0. The molecular formula is C20H24FN3O3. The van der Waals surface area contributed by atoms with Gasteiger partial charge in [-0.15, -0.1) is 0 Å². The minimum atomic E-state index is -1.84. The SMILES string of the molecule is O=C(NC[C@H]1OCCc2cn(Cc3ccccc3)nc21)C1(F)CCOCC1. The molecule has 1 aromatic heterocycles. The molecule has 0 unspecified atom stereocenters. The molecule has 0 bridgehead atoms. The quantitative estimate of drug-likeness (QED) is 0.873. The lowest BCUT2D eigenvalue weighted by molar-refractivity contribution is -0.139. The van der Waals surface area contributed by atoms with Gasteiger partial charge in [-0.2, -0.15) is 5.10 Å². The highest BCUT2D eigenvalue weighted by Gasteiger charge is 2.40. The largest absolute Gasteiger partial charge is 0.381 e. The third-order valence-corrected chi connectivity index (χ3v) is 5.19. The van der Waals surface area contributed by atoms with Crippen LogP contribution in [0.4, 0.5) is 4.39 Å². The van der Waals surface area contributed by atoms with Crippen molar-refractivity contribution in [2.45, 2.75) is 37.6 Å². The zero-order valence-electron chi connectivity index (χ0n) is 15.2. The van der Waals surface area contributed by atoms with Crippen LogP contribution in [0.2, 0.25) is 0 Å². The highest BCUT2D eigenvalue weighted by Crippen LogP contribution is 2.28. The van der Waals surface area contributed by atoms with Gasteiger partial charge in [0.25, 0.3) is 5.91 Å². The molecule has 6 nitrogen and oxygen atoms in total. The third-order valence-electron chi connectivity index (χ3n) is 5.19. The van der Waals surface area contributed by atoms with E-state index in [0.717, 1.165) is 17.7 Å². The van der Waals surface area contributed by atoms with E-state index in [0.29, 0.717) is 13.2 Å². The summed E-state index contributed by atoms with van der Waals surface area (Å²) in [5.74, 6) is -0.578. The number of benzene rings is 1. The van der Waals surface area contributed by atoms with Crippen LogP contribution >= 0.6 is 0 Å². The molecular weight excluding hydrogens is 349 g/mol. The Labute approximate surface area is 157 Å². The van der Waals surface area contributed by atoms with Crippen LogP contribution in [0.15, 0.2) is 36.5 Å². The predicted molar refractivity (Wildman–Crippen MR) is 97.1 cm³/mol. The molecule has 2 aliphatic rings. The second-order valence-electron chi connectivity index (χ2n) is 7.12. The molecule has 1 aromatic carbocycles. The lowest BCUT2D eigenvalue weighted by Gasteiger charge is -2.29. The smallest absolute Gasteiger partial charge is 0.257 e. The van der Waals surface area contributed by atoms with Crippen molar-refractivity contribution < 1.29 is 18.7 Å². The number of carbonyl (C=O) groups is 1. The molecule has 0 aliphatic carbocycles. The summed E-state index contributed by atoms with van der Waals surface area (Å²) in [6.07, 6.45) is 2.68. The minimum Gasteiger partial charge on any atom is -0.381 e. The Balaban J connectivity index is 1.41. The molecule has 4 rings (SSSR count). The van der Waals surface area contributed by atoms with E-state index >= 15 is 0 Å². The van der Waals surface area contributed by atoms with Gasteiger partial charge < -0.3 is 14.8 Å². The first kappa shape index (κ1) is 18.1. The van der Waals surface area contributed by atoms with E-state index < -0.39 is 11.6 Å². The molecule has 1 amide bonds. The number of ether oxygens (including phenoxy) is 2. The Bertz CT molecular complexity index is 787. The third kappa shape index (κ3) is 4.04. The van der Waals surface area contributed by atoms with Crippen molar-refractivity contribution in [2.24, 2.45) is 0 Å². The topological polar surface area (TPSA) is 65.4 Å². The van der Waals surface area contributed by atoms with Gasteiger partial charge in [0, 0.05) is 25.6 Å². The number of hydrogen-bond donors (Lipinski definition) is 1. The number of carbonyl (C=O) groups excluding carboxylic acids is 1. The number of fused-ring (bicyclic) bond motifs is 1. The second-order valence-corrected chi connectivity index (χ2v) is 7.12. The number of nitrogens with zero attached hydrogens (tertiary/aromatic N) is 2. The molecule has 2 aliphatic heterocycles. The molecule has 0 spiro atoms. The Morgan fingerprint density at radius 1 is 1.26 bits per heavy atom. The van der Waals surface area contributed by atoms with Gasteiger partial charge in [-0.05, 0) is 17.5 Å². The van der Waals surface area contributed by atoms with Gasteiger partial charge in [-0.1, -0.05) is 30.3 Å². The summed E-state index contributed by atoms with van der Waals surface area (Å²) in [5, 5.41) is 7.38. The van der Waals surface area contributed by atoms with E-state index in [4.69, 9.17) is 9.47 Å². The average molecular weight is 373 g/mol. The monoisotopic (exact) mass is 373 g/mol. The van der Waals surface area contributed by atoms with E-state index in [1.807, 2.05) is 29.1 Å². The van der Waals surface area contributed by atoms with Gasteiger partial charge in [-0.25, -0.2) is 4.39 Å². The van der Waals surface area contributed by atoms with Gasteiger partial charge in [0.05, 0.1) is 32.1 Å². The predicted octanol–water partition coefficient (Wildman–Crippen LogP) is 2.18. The summed E-state index contributed by atoms with van der Waals surface area (Å²) in [6, 6.07) is 10.1. The van der Waals surface area contributed by atoms with Crippen LogP contribution in [0.5, 0.6) is 0 Å². The minimum absolute atomic E-state index is 0.0985. The van der Waals surface area contributed by atoms with Crippen LogP contribution in [0, 0.1) is 0 Å². The molecule has 144 valence electrons. The van der Waals surface area contributed by atoms with Crippen LogP contribution < -0.4 is 5.32 Å². The number of rotatable bonds is 5. The van der Waals surface area contributed by atoms with Crippen molar-refractivity contribution in [2.75, 3.05) is 26.4 Å². The lowest BCUT2D eigenvalue weighted by atomic mass is 9.95. The van der Waals surface area contributed by atoms with E-state index in [9.17, 15) is 9.18 Å². The summed E-state index contributed by atoms with van der Waals surface area (Å²) in [6.45, 7) is 2.02. The van der Waals surface area contributed by atoms with Gasteiger partial charge in [0.2, 0.25) is 0 Å². The molecule has 3 heterocycles. The van der Waals surface area contributed by atoms with Crippen LogP contribution in [-0.2, 0) is 27.2 Å². The van der Waals surface area contributed by atoms with Crippen molar-refractivity contribution in [3.05, 3.63) is 53.3 Å². The Hall–Kier alpha value is -2.25. The van der Waals surface area contributed by atoms with Crippen molar-refractivity contribution >= 4 is 5.91 Å². The first-order chi connectivity index (χ1) is 13.1. The number of aromatic nitrogens is 2. The zero-order chi connectivity index (χ0) is 18.7. The molecule has 1 N–H and O–H groups in total. The molecule has 1 saturated heterocycles. The fraction of sp³-hybridized carbons (Fsp3) is 0.500. The average Bonchev–Trinajstić information content (AvgIpc) is 3.10. The lowest BCUT2D eigenvalue weighted by Crippen LogP contribution is -2.48. The molecule has 0 saturated carbocycles. The van der Waals surface area contributed by atoms with Crippen molar-refractivity contribution in [3.8, 4) is 0 Å². The Morgan fingerprint density at radius 3 is 2.81 bits per heavy atom. The summed E-state index contributed by atoms with van der Waals surface area (Å²) in [5.41, 5.74) is 1.28. The van der Waals surface area contributed by atoms with Gasteiger partial charge in [0.15, 0.2) is 5.67 Å². The number of halogens is 1. The van der Waals surface area contributed by atoms with Gasteiger partial charge >= 0.3 is 0 Å². The number of hydrogen-bond acceptors (Lipinski definition) is 4. The standard InChI is InChI=1S/C20H24FN3O3/c21-20(7-10-26-11-8-20)19(25)22-12-17-18-16(6-9-27-17)14-24(23-18)13-15-4-2-1-3-5-15/h1-5,14,17H,6-13H2,(H,22,25)/t17-/m1/s1. The summed E-state index contributed by atoms with van der Waals surface area (Å²) >= 11 is 0. The highest BCUT2D eigenvalue weighted by molar-refractivity contribution is 5.85. The van der Waals surface area contributed by atoms with Gasteiger partial charge in [0.1, 0.15) is 6.10 Å². The Kier molecular flexibility index (Phi) is 5.22. The molecule has 1 fully saturated rings. The van der Waals surface area contributed by atoms with Crippen LogP contribution in [0.3, 0.4) is 0 Å². The van der Waals surface area contributed by atoms with Crippen LogP contribution in [-0.4, -0.2) is 47.7 Å². The molecule has 2 aromatic rings. The first-order valence-corrected chi connectivity index (χ1v) is 9.41. The van der Waals surface area contributed by atoms with Crippen molar-refractivity contribution in [1.82, 2.24) is 15.1 Å². The maximum atomic E-state index is 14.7. The zero-order valence-corrected chi connectivity index (χ0v) is 15.2. The summed E-state index contributed by atoms with van der Waals surface area (Å²) < 4.78 is 27.6. The number of nitrogens with one attached hydrogen (secondary N) is 1. The van der Waals surface area contributed by atoms with Crippen molar-refractivity contribution in [3.63, 3.8) is 0 Å². The number of amides is 1. The van der Waals surface area contributed by atoms with E-state index in [1.165, 1.54) is 5.56 Å². The van der Waals surface area contributed by atoms with Crippen LogP contribution in [0.25, 0.3) is 0 Å². The van der Waals surface area contributed by atoms with E-state index in [1.54, 1.807) is 0 Å². The van der Waals surface area contributed by atoms with E-state index in [2.05, 4.69) is 22.5 Å². The molecule has 7 heteroatoms. The Morgan fingerprint density at radius 2 is 2.04 bits per heavy atom. The second kappa shape index (κ2) is 7.78.